The summed E-state index contributed by atoms with van der Waals surface area (Å²) >= 11 is 1.73. The van der Waals surface area contributed by atoms with Gasteiger partial charge in [-0.3, -0.25) is 0 Å². The third-order valence-electron chi connectivity index (χ3n) is 10.2. The normalized spacial score (nSPS) is 11.6. The first-order valence-corrected chi connectivity index (χ1v) is 19.2. The van der Waals surface area contributed by atoms with Gasteiger partial charge in [-0.2, -0.15) is 0 Å². The van der Waals surface area contributed by atoms with Crippen molar-refractivity contribution >= 4 is 53.6 Å². The average molecular weight is 736 g/mol. The van der Waals surface area contributed by atoms with Gasteiger partial charge < -0.3 is 4.42 Å². The molecule has 4 aromatic heterocycles. The van der Waals surface area contributed by atoms with Gasteiger partial charge in [0.15, 0.2) is 28.9 Å². The van der Waals surface area contributed by atoms with Crippen molar-refractivity contribution < 1.29 is 4.42 Å². The van der Waals surface area contributed by atoms with Gasteiger partial charge in [0.2, 0.25) is 0 Å². The molecule has 0 bridgehead atoms. The molecule has 56 heavy (non-hydrogen) atoms. The van der Waals surface area contributed by atoms with E-state index in [1.165, 1.54) is 0 Å². The lowest BCUT2D eigenvalue weighted by Crippen LogP contribution is -2.00. The van der Waals surface area contributed by atoms with Gasteiger partial charge in [0.05, 0.1) is 0 Å². The van der Waals surface area contributed by atoms with E-state index in [0.29, 0.717) is 28.9 Å². The maximum absolute atomic E-state index is 6.40. The summed E-state index contributed by atoms with van der Waals surface area (Å²) < 4.78 is 8.62. The van der Waals surface area contributed by atoms with Crippen LogP contribution in [0.15, 0.2) is 180 Å². The summed E-state index contributed by atoms with van der Waals surface area (Å²) in [6.07, 6.45) is 0. The van der Waals surface area contributed by atoms with Crippen LogP contribution in [0, 0.1) is 0 Å². The van der Waals surface area contributed by atoms with Crippen LogP contribution in [0.1, 0.15) is 0 Å². The van der Waals surface area contributed by atoms with Crippen molar-refractivity contribution in [3.05, 3.63) is 176 Å². The summed E-state index contributed by atoms with van der Waals surface area (Å²) in [6, 6.07) is 59.9. The van der Waals surface area contributed by atoms with Crippen molar-refractivity contribution in [2.24, 2.45) is 0 Å². The van der Waals surface area contributed by atoms with Crippen LogP contribution in [0.2, 0.25) is 0 Å². The Hall–Kier alpha value is -7.35. The van der Waals surface area contributed by atoms with E-state index in [0.717, 1.165) is 81.3 Å². The smallest absolute Gasteiger partial charge is 0.180 e. The zero-order valence-corrected chi connectivity index (χ0v) is 30.6. The van der Waals surface area contributed by atoms with Crippen LogP contribution < -0.4 is 0 Å². The van der Waals surface area contributed by atoms with Gasteiger partial charge in [-0.15, -0.1) is 11.3 Å². The van der Waals surface area contributed by atoms with Crippen LogP contribution in [0.25, 0.3) is 110 Å². The van der Waals surface area contributed by atoms with E-state index in [-0.39, 0.29) is 0 Å². The fourth-order valence-corrected chi connectivity index (χ4v) is 8.74. The Morgan fingerprint density at radius 1 is 0.375 bits per heavy atom. The Morgan fingerprint density at radius 2 is 0.911 bits per heavy atom. The van der Waals surface area contributed by atoms with Crippen LogP contribution in [0.4, 0.5) is 0 Å². The number of benzene rings is 7. The molecule has 0 radical (unpaired) electrons. The number of fused-ring (bicyclic) bond motifs is 6. The molecule has 0 atom stereocenters. The van der Waals surface area contributed by atoms with Gasteiger partial charge >= 0.3 is 0 Å². The minimum atomic E-state index is 0.619. The molecule has 262 valence electrons. The first kappa shape index (κ1) is 32.1. The molecule has 0 N–H and O–H groups in total. The van der Waals surface area contributed by atoms with E-state index >= 15 is 0 Å². The van der Waals surface area contributed by atoms with E-state index in [1.54, 1.807) is 11.3 Å². The van der Waals surface area contributed by atoms with Gasteiger partial charge in [0, 0.05) is 53.4 Å². The van der Waals surface area contributed by atoms with Crippen LogP contribution >= 0.6 is 11.3 Å². The molecule has 7 aromatic carbocycles. The highest BCUT2D eigenvalue weighted by Gasteiger charge is 2.22. The topological polar surface area (TPSA) is 77.6 Å². The number of nitrogens with zero attached hydrogens (tertiary/aromatic N) is 5. The lowest BCUT2D eigenvalue weighted by Gasteiger charge is -2.10. The Labute approximate surface area is 325 Å². The number of rotatable bonds is 6. The Balaban J connectivity index is 1.10. The second-order valence-corrected chi connectivity index (χ2v) is 14.7. The predicted octanol–water partition coefficient (Wildman–Crippen LogP) is 12.9. The van der Waals surface area contributed by atoms with Crippen LogP contribution in [0.3, 0.4) is 0 Å². The quantitative estimate of drug-likeness (QED) is 0.169. The number of aromatic nitrogens is 5. The third-order valence-corrected chi connectivity index (χ3v) is 11.4. The monoisotopic (exact) mass is 735 g/mol. The van der Waals surface area contributed by atoms with Gasteiger partial charge in [-0.1, -0.05) is 152 Å². The molecule has 0 aliphatic rings. The number of para-hydroxylation sites is 1. The van der Waals surface area contributed by atoms with Gasteiger partial charge in [-0.25, -0.2) is 24.9 Å². The number of furan rings is 1. The van der Waals surface area contributed by atoms with Crippen molar-refractivity contribution in [1.29, 1.82) is 0 Å². The molecule has 0 spiro atoms. The maximum atomic E-state index is 6.40. The zero-order chi connectivity index (χ0) is 37.0. The molecule has 0 aliphatic heterocycles. The van der Waals surface area contributed by atoms with E-state index < -0.39 is 0 Å². The van der Waals surface area contributed by atoms with Gasteiger partial charge in [-0.05, 0) is 35.4 Å². The highest BCUT2D eigenvalue weighted by molar-refractivity contribution is 7.26. The van der Waals surface area contributed by atoms with Crippen LogP contribution in [-0.2, 0) is 0 Å². The second kappa shape index (κ2) is 13.2. The fraction of sp³-hybridized carbons (Fsp3) is 0. The number of thiophene rings is 1. The molecule has 6 nitrogen and oxygen atoms in total. The standard InChI is InChI=1S/C49H29N5OS/c1-4-14-30(15-5-1)31-26-28-34(29-27-31)47-52-46(33-18-8-3-9-19-33)53-49(54-47)38-23-12-21-36-41-37(22-13-25-40(41)56-45(36)38)48-50-42(32-16-6-2-7-17-32)44-43(51-48)35-20-10-11-24-39(35)55-44/h1-29H. The Bertz CT molecular complexity index is 3230. The summed E-state index contributed by atoms with van der Waals surface area (Å²) in [4.78, 5) is 25.7. The highest BCUT2D eigenvalue weighted by Crippen LogP contribution is 2.44. The van der Waals surface area contributed by atoms with E-state index in [2.05, 4.69) is 103 Å². The molecule has 0 amide bonds. The molecular weight excluding hydrogens is 707 g/mol. The zero-order valence-electron chi connectivity index (χ0n) is 29.8. The minimum absolute atomic E-state index is 0.619. The molecule has 0 unspecified atom stereocenters. The van der Waals surface area contributed by atoms with E-state index in [9.17, 15) is 0 Å². The summed E-state index contributed by atoms with van der Waals surface area (Å²) in [5, 5.41) is 3.15. The maximum Gasteiger partial charge on any atom is 0.180 e. The molecule has 11 rings (SSSR count). The first-order valence-electron chi connectivity index (χ1n) is 18.4. The predicted molar refractivity (Wildman–Crippen MR) is 228 cm³/mol. The molecule has 7 heteroatoms. The first-order chi connectivity index (χ1) is 27.7. The van der Waals surface area contributed by atoms with E-state index in [1.807, 2.05) is 72.8 Å². The SMILES string of the molecule is c1ccc(-c2ccc(-c3nc(-c4ccccc4)nc(-c4cccc5c4sc4cccc(-c6nc(-c7ccccc7)c7oc8ccccc8c7n6)c45)n3)cc2)cc1. The molecular formula is C49H29N5OS. The summed E-state index contributed by atoms with van der Waals surface area (Å²) in [5.41, 5.74) is 10.0. The average Bonchev–Trinajstić information content (AvgIpc) is 3.86. The van der Waals surface area contributed by atoms with Crippen LogP contribution in [0.5, 0.6) is 0 Å². The molecule has 0 saturated heterocycles. The number of hydrogen-bond donors (Lipinski definition) is 0. The van der Waals surface area contributed by atoms with Crippen molar-refractivity contribution in [2.75, 3.05) is 0 Å². The molecule has 0 aliphatic carbocycles. The summed E-state index contributed by atoms with van der Waals surface area (Å²) in [7, 11) is 0. The Kier molecular flexibility index (Phi) is 7.57. The third kappa shape index (κ3) is 5.44. The Morgan fingerprint density at radius 3 is 1.66 bits per heavy atom. The van der Waals surface area contributed by atoms with Crippen molar-refractivity contribution in [3.8, 4) is 67.9 Å². The lowest BCUT2D eigenvalue weighted by atomic mass is 10.0. The minimum Gasteiger partial charge on any atom is -0.452 e. The lowest BCUT2D eigenvalue weighted by molar-refractivity contribution is 0.667. The molecule has 0 fully saturated rings. The molecule has 0 saturated carbocycles. The van der Waals surface area contributed by atoms with Crippen LogP contribution in [-0.4, -0.2) is 24.9 Å². The largest absolute Gasteiger partial charge is 0.452 e. The van der Waals surface area contributed by atoms with Gasteiger partial charge in [0.1, 0.15) is 16.8 Å². The van der Waals surface area contributed by atoms with Gasteiger partial charge in [0.25, 0.3) is 0 Å². The highest BCUT2D eigenvalue weighted by atomic mass is 32.1. The number of hydrogen-bond acceptors (Lipinski definition) is 7. The van der Waals surface area contributed by atoms with Crippen molar-refractivity contribution in [1.82, 2.24) is 24.9 Å². The fourth-order valence-electron chi connectivity index (χ4n) is 7.50. The second-order valence-electron chi connectivity index (χ2n) is 13.6. The molecule has 11 aromatic rings. The van der Waals surface area contributed by atoms with Crippen molar-refractivity contribution in [2.45, 2.75) is 0 Å². The summed E-state index contributed by atoms with van der Waals surface area (Å²) in [5.74, 6) is 2.51. The molecule has 4 heterocycles. The van der Waals surface area contributed by atoms with Crippen molar-refractivity contribution in [3.63, 3.8) is 0 Å². The summed E-state index contributed by atoms with van der Waals surface area (Å²) in [6.45, 7) is 0. The van der Waals surface area contributed by atoms with E-state index in [4.69, 9.17) is 29.3 Å².